The summed E-state index contributed by atoms with van der Waals surface area (Å²) in [4.78, 5) is 29.3. The molecule has 4 aromatic rings. The second-order valence-electron chi connectivity index (χ2n) is 9.40. The highest BCUT2D eigenvalue weighted by atomic mass is 16.5. The third kappa shape index (κ3) is 4.85. The zero-order valence-corrected chi connectivity index (χ0v) is 21.1. The minimum absolute atomic E-state index is 0.215. The fraction of sp³-hybridized carbons (Fsp3) is 0.233. The summed E-state index contributed by atoms with van der Waals surface area (Å²) in [5.74, 6) is 0.332. The third-order valence-electron chi connectivity index (χ3n) is 6.95. The van der Waals surface area contributed by atoms with Gasteiger partial charge in [0.25, 0.3) is 5.91 Å². The number of carbonyl (C=O) groups is 2. The van der Waals surface area contributed by atoms with E-state index in [1.807, 2.05) is 97.9 Å². The highest BCUT2D eigenvalue weighted by molar-refractivity contribution is 6.00. The van der Waals surface area contributed by atoms with E-state index in [0.717, 1.165) is 22.4 Å². The van der Waals surface area contributed by atoms with Crippen LogP contribution >= 0.6 is 0 Å². The minimum Gasteiger partial charge on any atom is -0.496 e. The first-order chi connectivity index (χ1) is 18.0. The number of amides is 2. The Hall–Kier alpha value is -4.39. The maximum absolute atomic E-state index is 13.9. The number of carbonyl (C=O) groups excluding carboxylic acids is 2. The van der Waals surface area contributed by atoms with E-state index < -0.39 is 5.54 Å². The van der Waals surface area contributed by atoms with Gasteiger partial charge in [0.2, 0.25) is 5.91 Å². The summed E-state index contributed by atoms with van der Waals surface area (Å²) >= 11 is 0. The first kappa shape index (κ1) is 24.3. The Kier molecular flexibility index (Phi) is 6.77. The second kappa shape index (κ2) is 10.3. The normalized spacial score (nSPS) is 16.8. The quantitative estimate of drug-likeness (QED) is 0.396. The molecule has 1 aromatic heterocycles. The molecule has 1 aliphatic rings. The number of fused-ring (bicyclic) bond motifs is 1. The predicted octanol–water partition coefficient (Wildman–Crippen LogP) is 4.33. The maximum atomic E-state index is 13.9. The van der Waals surface area contributed by atoms with Crippen LogP contribution in [0.2, 0.25) is 0 Å². The van der Waals surface area contributed by atoms with Gasteiger partial charge in [0.15, 0.2) is 0 Å². The largest absolute Gasteiger partial charge is 0.496 e. The number of hydrogen-bond donors (Lipinski definition) is 1. The monoisotopic (exact) mass is 494 g/mol. The number of nitrogens with one attached hydrogen (secondary N) is 1. The highest BCUT2D eigenvalue weighted by Crippen LogP contribution is 2.31. The average Bonchev–Trinajstić information content (AvgIpc) is 3.37. The molecule has 5 rings (SSSR count). The van der Waals surface area contributed by atoms with Gasteiger partial charge in [-0.25, -0.2) is 0 Å². The van der Waals surface area contributed by atoms with Crippen molar-refractivity contribution in [3.63, 3.8) is 0 Å². The molecule has 0 bridgehead atoms. The van der Waals surface area contributed by atoms with Crippen molar-refractivity contribution in [2.45, 2.75) is 32.0 Å². The highest BCUT2D eigenvalue weighted by Gasteiger charge is 2.47. The second-order valence-corrected chi connectivity index (χ2v) is 9.40. The number of benzene rings is 3. The third-order valence-corrected chi connectivity index (χ3v) is 6.95. The van der Waals surface area contributed by atoms with E-state index in [4.69, 9.17) is 9.84 Å². The first-order valence-electron chi connectivity index (χ1n) is 12.4. The molecular weight excluding hydrogens is 464 g/mol. The van der Waals surface area contributed by atoms with Crippen LogP contribution in [-0.2, 0) is 24.3 Å². The van der Waals surface area contributed by atoms with Crippen LogP contribution in [0.15, 0.2) is 91.0 Å². The molecule has 0 saturated heterocycles. The molecule has 7 heteroatoms. The van der Waals surface area contributed by atoms with Crippen LogP contribution in [0.5, 0.6) is 5.75 Å². The van der Waals surface area contributed by atoms with E-state index in [1.165, 1.54) is 0 Å². The van der Waals surface area contributed by atoms with Gasteiger partial charge in [0.05, 0.1) is 19.3 Å². The van der Waals surface area contributed by atoms with Crippen LogP contribution in [0, 0.1) is 0 Å². The molecule has 0 fully saturated rings. The van der Waals surface area contributed by atoms with Gasteiger partial charge in [-0.3, -0.25) is 14.3 Å². The zero-order chi connectivity index (χ0) is 25.8. The lowest BCUT2D eigenvalue weighted by molar-refractivity contribution is -0.133. The smallest absolute Gasteiger partial charge is 0.273 e. The SMILES string of the molecule is COc1ccccc1CCN1C(=O)c2cc(-c3ccccc3)nn2CC1(C)C(=O)NCc1ccccc1. The van der Waals surface area contributed by atoms with Crippen LogP contribution in [-0.4, -0.2) is 45.7 Å². The molecule has 7 nitrogen and oxygen atoms in total. The molecule has 2 heterocycles. The molecule has 1 atom stereocenters. The number of hydrogen-bond acceptors (Lipinski definition) is 4. The minimum atomic E-state index is -1.12. The van der Waals surface area contributed by atoms with Gasteiger partial charge < -0.3 is 15.0 Å². The van der Waals surface area contributed by atoms with Gasteiger partial charge in [-0.05, 0) is 36.6 Å². The molecule has 0 saturated carbocycles. The molecule has 0 radical (unpaired) electrons. The Morgan fingerprint density at radius 3 is 2.41 bits per heavy atom. The molecule has 188 valence electrons. The van der Waals surface area contributed by atoms with E-state index in [9.17, 15) is 9.59 Å². The fourth-order valence-corrected chi connectivity index (χ4v) is 4.85. The number of aromatic nitrogens is 2. The summed E-state index contributed by atoms with van der Waals surface area (Å²) in [6.45, 7) is 2.82. The first-order valence-corrected chi connectivity index (χ1v) is 12.4. The van der Waals surface area contributed by atoms with Crippen molar-refractivity contribution in [3.8, 4) is 17.0 Å². The van der Waals surface area contributed by atoms with Crippen LogP contribution in [0.3, 0.4) is 0 Å². The number of para-hydroxylation sites is 1. The zero-order valence-electron chi connectivity index (χ0n) is 21.1. The number of methoxy groups -OCH3 is 1. The molecule has 0 spiro atoms. The van der Waals surface area contributed by atoms with Crippen molar-refractivity contribution in [2.24, 2.45) is 0 Å². The van der Waals surface area contributed by atoms with Crippen molar-refractivity contribution in [1.29, 1.82) is 0 Å². The predicted molar refractivity (Wildman–Crippen MR) is 142 cm³/mol. The van der Waals surface area contributed by atoms with E-state index in [0.29, 0.717) is 30.9 Å². The van der Waals surface area contributed by atoms with Crippen LogP contribution < -0.4 is 10.1 Å². The molecule has 37 heavy (non-hydrogen) atoms. The van der Waals surface area contributed by atoms with E-state index in [1.54, 1.807) is 16.7 Å². The summed E-state index contributed by atoms with van der Waals surface area (Å²) in [6.07, 6.45) is 0.553. The summed E-state index contributed by atoms with van der Waals surface area (Å²) in [5.41, 5.74) is 2.96. The number of rotatable bonds is 8. The Bertz CT molecular complexity index is 1400. The standard InChI is InChI=1S/C30H30N4O3/c1-30(29(36)31-20-22-11-5-3-6-12-22)21-34-26(19-25(32-34)23-13-7-4-8-14-23)28(35)33(30)18-17-24-15-9-10-16-27(24)37-2/h3-16,19H,17-18,20-21H2,1-2H3,(H,31,36). The molecule has 1 aliphatic heterocycles. The van der Waals surface area contributed by atoms with Gasteiger partial charge >= 0.3 is 0 Å². The van der Waals surface area contributed by atoms with Gasteiger partial charge in [0, 0.05) is 18.7 Å². The van der Waals surface area contributed by atoms with Crippen molar-refractivity contribution < 1.29 is 14.3 Å². The lowest BCUT2D eigenvalue weighted by Gasteiger charge is -2.43. The Morgan fingerprint density at radius 2 is 1.68 bits per heavy atom. The van der Waals surface area contributed by atoms with Crippen LogP contribution in [0.4, 0.5) is 0 Å². The molecule has 3 aromatic carbocycles. The van der Waals surface area contributed by atoms with Crippen LogP contribution in [0.1, 0.15) is 28.5 Å². The maximum Gasteiger partial charge on any atom is 0.273 e. The topological polar surface area (TPSA) is 76.5 Å². The summed E-state index contributed by atoms with van der Waals surface area (Å²) in [7, 11) is 1.63. The molecule has 2 amide bonds. The number of nitrogens with zero attached hydrogens (tertiary/aromatic N) is 3. The fourth-order valence-electron chi connectivity index (χ4n) is 4.85. The van der Waals surface area contributed by atoms with Crippen molar-refractivity contribution in [1.82, 2.24) is 20.0 Å². The van der Waals surface area contributed by atoms with E-state index in [-0.39, 0.29) is 18.4 Å². The lowest BCUT2D eigenvalue weighted by Crippen LogP contribution is -2.64. The van der Waals surface area contributed by atoms with Gasteiger partial charge in [-0.1, -0.05) is 78.9 Å². The van der Waals surface area contributed by atoms with Gasteiger partial charge in [-0.2, -0.15) is 5.10 Å². The number of ether oxygens (including phenoxy) is 1. The Balaban J connectivity index is 1.46. The molecular formula is C30H30N4O3. The van der Waals surface area contributed by atoms with Crippen LogP contribution in [0.25, 0.3) is 11.3 Å². The van der Waals surface area contributed by atoms with Crippen molar-refractivity contribution in [3.05, 3.63) is 108 Å². The average molecular weight is 495 g/mol. The van der Waals surface area contributed by atoms with Crippen molar-refractivity contribution in [2.75, 3.05) is 13.7 Å². The summed E-state index contributed by atoms with van der Waals surface area (Å²) in [5, 5.41) is 7.77. The Labute approximate surface area is 216 Å². The summed E-state index contributed by atoms with van der Waals surface area (Å²) in [6, 6.07) is 29.1. The summed E-state index contributed by atoms with van der Waals surface area (Å²) < 4.78 is 7.18. The molecule has 1 unspecified atom stereocenters. The lowest BCUT2D eigenvalue weighted by atomic mass is 9.94. The van der Waals surface area contributed by atoms with Crippen molar-refractivity contribution >= 4 is 11.8 Å². The van der Waals surface area contributed by atoms with E-state index >= 15 is 0 Å². The van der Waals surface area contributed by atoms with Gasteiger partial charge in [0.1, 0.15) is 17.0 Å². The van der Waals surface area contributed by atoms with E-state index in [2.05, 4.69) is 5.32 Å². The molecule has 0 aliphatic carbocycles. The van der Waals surface area contributed by atoms with Gasteiger partial charge in [-0.15, -0.1) is 0 Å². The molecule has 1 N–H and O–H groups in total. The Morgan fingerprint density at radius 1 is 1.00 bits per heavy atom.